The molecule has 0 saturated carbocycles. The van der Waals surface area contributed by atoms with Gasteiger partial charge in [-0.1, -0.05) is 23.7 Å². The molecule has 100 valence electrons. The number of rotatable bonds is 4. The molecular formula is C15H17ClN2S. The van der Waals surface area contributed by atoms with Gasteiger partial charge in [0.2, 0.25) is 0 Å². The van der Waals surface area contributed by atoms with Crippen LogP contribution in [0.4, 0.5) is 5.69 Å². The number of fused-ring (bicyclic) bond motifs is 1. The Morgan fingerprint density at radius 3 is 2.95 bits per heavy atom. The molecule has 0 radical (unpaired) electrons. The van der Waals surface area contributed by atoms with Crippen LogP contribution in [0.5, 0.6) is 0 Å². The summed E-state index contributed by atoms with van der Waals surface area (Å²) in [6.07, 6.45) is 1.17. The molecule has 19 heavy (non-hydrogen) atoms. The molecule has 0 unspecified atom stereocenters. The molecule has 0 aliphatic carbocycles. The molecule has 2 heterocycles. The van der Waals surface area contributed by atoms with Gasteiger partial charge in [0, 0.05) is 37.2 Å². The van der Waals surface area contributed by atoms with Gasteiger partial charge in [-0.3, -0.25) is 0 Å². The second kappa shape index (κ2) is 5.53. The summed E-state index contributed by atoms with van der Waals surface area (Å²) in [5.74, 6) is 0. The minimum atomic E-state index is 0.859. The fourth-order valence-corrected chi connectivity index (χ4v) is 3.56. The molecule has 1 N–H and O–H groups in total. The fourth-order valence-electron chi connectivity index (χ4n) is 2.51. The first-order chi connectivity index (χ1) is 9.22. The number of hydrogen-bond acceptors (Lipinski definition) is 3. The Bertz CT molecular complexity index is 579. The summed E-state index contributed by atoms with van der Waals surface area (Å²) in [4.78, 5) is 3.60. The summed E-state index contributed by atoms with van der Waals surface area (Å²) in [7, 11) is 2.16. The van der Waals surface area contributed by atoms with Crippen LogP contribution in [0.3, 0.4) is 0 Å². The van der Waals surface area contributed by atoms with Gasteiger partial charge in [-0.25, -0.2) is 0 Å². The van der Waals surface area contributed by atoms with Crippen LogP contribution in [0.15, 0.2) is 30.3 Å². The van der Waals surface area contributed by atoms with Crippen LogP contribution in [0, 0.1) is 0 Å². The van der Waals surface area contributed by atoms with E-state index in [1.165, 1.54) is 28.1 Å². The highest BCUT2D eigenvalue weighted by Crippen LogP contribution is 2.27. The number of likely N-dealkylation sites (N-methyl/N-ethyl adjacent to an activating group) is 1. The van der Waals surface area contributed by atoms with E-state index in [1.807, 2.05) is 6.07 Å². The Morgan fingerprint density at radius 1 is 1.26 bits per heavy atom. The lowest BCUT2D eigenvalue weighted by Crippen LogP contribution is -2.13. The number of nitrogens with one attached hydrogen (secondary N) is 1. The van der Waals surface area contributed by atoms with E-state index in [9.17, 15) is 0 Å². The molecule has 0 amide bonds. The van der Waals surface area contributed by atoms with Crippen molar-refractivity contribution in [2.24, 2.45) is 0 Å². The highest BCUT2D eigenvalue weighted by atomic mass is 35.5. The van der Waals surface area contributed by atoms with Gasteiger partial charge in [0.25, 0.3) is 0 Å². The maximum atomic E-state index is 5.92. The van der Waals surface area contributed by atoms with E-state index in [4.69, 9.17) is 11.6 Å². The maximum Gasteiger partial charge on any atom is 0.0931 e. The van der Waals surface area contributed by atoms with Crippen LogP contribution in [-0.4, -0.2) is 13.6 Å². The summed E-state index contributed by atoms with van der Waals surface area (Å²) in [6, 6.07) is 10.8. The number of thiophene rings is 1. The molecule has 1 aliphatic rings. The zero-order chi connectivity index (χ0) is 13.2. The largest absolute Gasteiger partial charge is 0.374 e. The van der Waals surface area contributed by atoms with Crippen molar-refractivity contribution in [2.75, 3.05) is 18.5 Å². The number of benzene rings is 1. The molecule has 1 aliphatic heterocycles. The predicted molar refractivity (Wildman–Crippen MR) is 83.3 cm³/mol. The summed E-state index contributed by atoms with van der Waals surface area (Å²) in [5.41, 5.74) is 4.21. The van der Waals surface area contributed by atoms with Crippen molar-refractivity contribution in [1.29, 1.82) is 0 Å². The van der Waals surface area contributed by atoms with Gasteiger partial charge in [0.15, 0.2) is 0 Å². The Hall–Kier alpha value is -1.03. The minimum absolute atomic E-state index is 0.859. The zero-order valence-corrected chi connectivity index (χ0v) is 12.5. The van der Waals surface area contributed by atoms with Crippen molar-refractivity contribution >= 4 is 28.6 Å². The maximum absolute atomic E-state index is 5.92. The molecule has 0 bridgehead atoms. The molecule has 2 aromatic rings. The standard InChI is InChI=1S/C15H17ClN2S/c1-18-7-6-12-8-11(2-4-14(12)18)9-17-10-13-3-5-15(16)19-13/h2-5,8,17H,6-7,9-10H2,1H3. The average molecular weight is 293 g/mol. The Balaban J connectivity index is 1.59. The van der Waals surface area contributed by atoms with Gasteiger partial charge in [-0.05, 0) is 35.7 Å². The van der Waals surface area contributed by atoms with E-state index in [0.717, 1.165) is 24.0 Å². The van der Waals surface area contributed by atoms with Gasteiger partial charge in [-0.15, -0.1) is 11.3 Å². The van der Waals surface area contributed by atoms with Crippen molar-refractivity contribution < 1.29 is 0 Å². The molecule has 1 aromatic heterocycles. The van der Waals surface area contributed by atoms with E-state index in [1.54, 1.807) is 11.3 Å². The molecule has 0 fully saturated rings. The second-order valence-corrected chi connectivity index (χ2v) is 6.74. The highest BCUT2D eigenvalue weighted by molar-refractivity contribution is 7.16. The number of nitrogens with zero attached hydrogens (tertiary/aromatic N) is 1. The first-order valence-electron chi connectivity index (χ1n) is 6.50. The molecule has 4 heteroatoms. The van der Waals surface area contributed by atoms with Crippen molar-refractivity contribution in [1.82, 2.24) is 5.32 Å². The Labute approximate surface area is 123 Å². The lowest BCUT2D eigenvalue weighted by atomic mass is 10.1. The minimum Gasteiger partial charge on any atom is -0.374 e. The third-order valence-corrected chi connectivity index (χ3v) is 4.76. The van der Waals surface area contributed by atoms with E-state index in [-0.39, 0.29) is 0 Å². The summed E-state index contributed by atoms with van der Waals surface area (Å²) in [6.45, 7) is 2.93. The van der Waals surface area contributed by atoms with E-state index in [2.05, 4.69) is 41.5 Å². The van der Waals surface area contributed by atoms with Gasteiger partial charge >= 0.3 is 0 Å². The van der Waals surface area contributed by atoms with Crippen molar-refractivity contribution in [3.05, 3.63) is 50.7 Å². The monoisotopic (exact) mass is 292 g/mol. The first kappa shape index (κ1) is 13.0. The van der Waals surface area contributed by atoms with Crippen molar-refractivity contribution in [2.45, 2.75) is 19.5 Å². The molecule has 2 nitrogen and oxygen atoms in total. The Morgan fingerprint density at radius 2 is 2.16 bits per heavy atom. The second-order valence-electron chi connectivity index (χ2n) is 4.94. The highest BCUT2D eigenvalue weighted by Gasteiger charge is 2.15. The predicted octanol–water partition coefficient (Wildman–Crippen LogP) is 3.68. The van der Waals surface area contributed by atoms with Crippen molar-refractivity contribution in [3.8, 4) is 0 Å². The van der Waals surface area contributed by atoms with Crippen LogP contribution in [0.25, 0.3) is 0 Å². The van der Waals surface area contributed by atoms with Gasteiger partial charge in [-0.2, -0.15) is 0 Å². The SMILES string of the molecule is CN1CCc2cc(CNCc3ccc(Cl)s3)ccc21. The smallest absolute Gasteiger partial charge is 0.0931 e. The summed E-state index contributed by atoms with van der Waals surface area (Å²) >= 11 is 7.56. The molecule has 3 rings (SSSR count). The van der Waals surface area contributed by atoms with Crippen LogP contribution in [0.2, 0.25) is 4.34 Å². The third-order valence-electron chi connectivity index (χ3n) is 3.53. The third kappa shape index (κ3) is 2.94. The normalized spacial score (nSPS) is 13.9. The molecule has 0 spiro atoms. The van der Waals surface area contributed by atoms with Gasteiger partial charge in [0.1, 0.15) is 0 Å². The topological polar surface area (TPSA) is 15.3 Å². The molecular weight excluding hydrogens is 276 g/mol. The van der Waals surface area contributed by atoms with E-state index < -0.39 is 0 Å². The fraction of sp³-hybridized carbons (Fsp3) is 0.333. The zero-order valence-electron chi connectivity index (χ0n) is 10.9. The van der Waals surface area contributed by atoms with E-state index in [0.29, 0.717) is 0 Å². The molecule has 0 atom stereocenters. The number of hydrogen-bond donors (Lipinski definition) is 1. The number of halogens is 1. The molecule has 0 saturated heterocycles. The van der Waals surface area contributed by atoms with Crippen LogP contribution < -0.4 is 10.2 Å². The quantitative estimate of drug-likeness (QED) is 0.925. The van der Waals surface area contributed by atoms with Crippen LogP contribution in [-0.2, 0) is 19.5 Å². The van der Waals surface area contributed by atoms with Crippen LogP contribution in [0.1, 0.15) is 16.0 Å². The van der Waals surface area contributed by atoms with Crippen LogP contribution >= 0.6 is 22.9 Å². The van der Waals surface area contributed by atoms with Gasteiger partial charge in [0.05, 0.1) is 4.34 Å². The number of anilines is 1. The lowest BCUT2D eigenvalue weighted by molar-refractivity contribution is 0.700. The summed E-state index contributed by atoms with van der Waals surface area (Å²) < 4.78 is 0.859. The van der Waals surface area contributed by atoms with E-state index >= 15 is 0 Å². The van der Waals surface area contributed by atoms with Gasteiger partial charge < -0.3 is 10.2 Å². The Kier molecular flexibility index (Phi) is 3.78. The molecule has 1 aromatic carbocycles. The van der Waals surface area contributed by atoms with Crippen molar-refractivity contribution in [3.63, 3.8) is 0 Å². The first-order valence-corrected chi connectivity index (χ1v) is 7.70. The summed E-state index contributed by atoms with van der Waals surface area (Å²) in [5, 5.41) is 3.47. The average Bonchev–Trinajstić information content (AvgIpc) is 2.97. The lowest BCUT2D eigenvalue weighted by Gasteiger charge is -2.12.